The van der Waals surface area contributed by atoms with E-state index in [0.717, 1.165) is 25.8 Å². The number of rotatable bonds is 3. The summed E-state index contributed by atoms with van der Waals surface area (Å²) in [5, 5.41) is 0. The van der Waals surface area contributed by atoms with Crippen molar-refractivity contribution < 1.29 is 4.79 Å². The van der Waals surface area contributed by atoms with Gasteiger partial charge >= 0.3 is 0 Å². The second-order valence-electron chi connectivity index (χ2n) is 6.53. The van der Waals surface area contributed by atoms with Crippen LogP contribution < -0.4 is 5.73 Å². The van der Waals surface area contributed by atoms with E-state index in [-0.39, 0.29) is 5.41 Å². The quantitative estimate of drug-likeness (QED) is 0.839. The van der Waals surface area contributed by atoms with Gasteiger partial charge in [-0.05, 0) is 38.1 Å². The lowest BCUT2D eigenvalue weighted by molar-refractivity contribution is -0.143. The minimum Gasteiger partial charge on any atom is -0.342 e. The Balaban J connectivity index is 2.04. The highest BCUT2D eigenvalue weighted by molar-refractivity contribution is 5.82. The van der Waals surface area contributed by atoms with Gasteiger partial charge < -0.3 is 10.6 Å². The maximum atomic E-state index is 12.7. The van der Waals surface area contributed by atoms with Gasteiger partial charge in [-0.25, -0.2) is 0 Å². The summed E-state index contributed by atoms with van der Waals surface area (Å²) in [6, 6.07) is 0.383. The molecule has 3 heteroatoms. The van der Waals surface area contributed by atoms with E-state index in [2.05, 4.69) is 6.92 Å². The zero-order valence-corrected chi connectivity index (χ0v) is 12.0. The first kappa shape index (κ1) is 13.9. The van der Waals surface area contributed by atoms with E-state index in [1.165, 1.54) is 32.1 Å². The largest absolute Gasteiger partial charge is 0.342 e. The van der Waals surface area contributed by atoms with Crippen LogP contribution in [-0.2, 0) is 4.79 Å². The predicted molar refractivity (Wildman–Crippen MR) is 74.1 cm³/mol. The van der Waals surface area contributed by atoms with Crippen molar-refractivity contribution >= 4 is 5.91 Å². The molecule has 0 aliphatic heterocycles. The van der Waals surface area contributed by atoms with Crippen LogP contribution in [0.3, 0.4) is 0 Å². The molecule has 0 radical (unpaired) electrons. The first-order valence-corrected chi connectivity index (χ1v) is 7.56. The highest BCUT2D eigenvalue weighted by Crippen LogP contribution is 2.40. The van der Waals surface area contributed by atoms with Gasteiger partial charge in [0, 0.05) is 18.5 Å². The number of carbonyl (C=O) groups is 1. The average molecular weight is 252 g/mol. The summed E-state index contributed by atoms with van der Waals surface area (Å²) >= 11 is 0. The fourth-order valence-corrected chi connectivity index (χ4v) is 3.92. The van der Waals surface area contributed by atoms with Gasteiger partial charge in [-0.2, -0.15) is 0 Å². The van der Waals surface area contributed by atoms with Crippen LogP contribution in [0.2, 0.25) is 0 Å². The van der Waals surface area contributed by atoms with Crippen molar-refractivity contribution in [1.29, 1.82) is 0 Å². The number of hydrogen-bond acceptors (Lipinski definition) is 2. The van der Waals surface area contributed by atoms with Crippen molar-refractivity contribution in [2.75, 3.05) is 13.6 Å². The van der Waals surface area contributed by atoms with Gasteiger partial charge in [0.2, 0.25) is 5.91 Å². The molecule has 0 bridgehead atoms. The molecular formula is C15H28N2O. The third-order valence-electron chi connectivity index (χ3n) is 5.21. The van der Waals surface area contributed by atoms with Gasteiger partial charge in [0.15, 0.2) is 0 Å². The number of hydrogen-bond donors (Lipinski definition) is 1. The molecule has 2 N–H and O–H groups in total. The van der Waals surface area contributed by atoms with Crippen LogP contribution in [0.4, 0.5) is 0 Å². The van der Waals surface area contributed by atoms with Gasteiger partial charge in [-0.15, -0.1) is 0 Å². The lowest BCUT2D eigenvalue weighted by Gasteiger charge is -2.40. The van der Waals surface area contributed by atoms with Crippen LogP contribution in [0.1, 0.15) is 58.3 Å². The third kappa shape index (κ3) is 2.56. The summed E-state index contributed by atoms with van der Waals surface area (Å²) in [7, 11) is 2.00. The zero-order chi connectivity index (χ0) is 13.2. The molecule has 18 heavy (non-hydrogen) atoms. The first-order chi connectivity index (χ1) is 8.58. The molecular weight excluding hydrogens is 224 g/mol. The molecule has 104 valence electrons. The molecule has 2 atom stereocenters. The van der Waals surface area contributed by atoms with Gasteiger partial charge in [0.25, 0.3) is 0 Å². The van der Waals surface area contributed by atoms with Crippen molar-refractivity contribution in [3.63, 3.8) is 0 Å². The first-order valence-electron chi connectivity index (χ1n) is 7.56. The van der Waals surface area contributed by atoms with E-state index in [4.69, 9.17) is 5.73 Å². The Kier molecular flexibility index (Phi) is 4.31. The Hall–Kier alpha value is -0.570. The molecule has 2 aliphatic rings. The molecule has 0 aromatic carbocycles. The molecule has 3 nitrogen and oxygen atoms in total. The van der Waals surface area contributed by atoms with Gasteiger partial charge in [0.05, 0.1) is 0 Å². The minimum absolute atomic E-state index is 0.0919. The van der Waals surface area contributed by atoms with Crippen molar-refractivity contribution in [2.45, 2.75) is 64.3 Å². The van der Waals surface area contributed by atoms with Crippen molar-refractivity contribution in [1.82, 2.24) is 4.90 Å². The summed E-state index contributed by atoms with van der Waals surface area (Å²) in [6.07, 6.45) is 9.40. The van der Waals surface area contributed by atoms with Gasteiger partial charge in [-0.1, -0.05) is 32.6 Å². The van der Waals surface area contributed by atoms with Gasteiger partial charge in [-0.3, -0.25) is 4.79 Å². The van der Waals surface area contributed by atoms with Gasteiger partial charge in [0.1, 0.15) is 0 Å². The second-order valence-corrected chi connectivity index (χ2v) is 6.53. The fourth-order valence-electron chi connectivity index (χ4n) is 3.92. The summed E-state index contributed by atoms with van der Waals surface area (Å²) in [6.45, 7) is 2.87. The van der Waals surface area contributed by atoms with E-state index in [1.54, 1.807) is 0 Å². The molecule has 2 unspecified atom stereocenters. The molecule has 0 heterocycles. The van der Waals surface area contributed by atoms with Crippen LogP contribution in [0.5, 0.6) is 0 Å². The third-order valence-corrected chi connectivity index (χ3v) is 5.21. The highest BCUT2D eigenvalue weighted by Gasteiger charge is 2.41. The number of amides is 1. The average Bonchev–Trinajstić information content (AvgIpc) is 2.85. The smallest absolute Gasteiger partial charge is 0.228 e. The highest BCUT2D eigenvalue weighted by atomic mass is 16.2. The lowest BCUT2D eigenvalue weighted by Crippen LogP contribution is -2.50. The maximum Gasteiger partial charge on any atom is 0.228 e. The Morgan fingerprint density at radius 1 is 1.22 bits per heavy atom. The molecule has 0 saturated heterocycles. The number of carbonyl (C=O) groups excluding carboxylic acids is 1. The number of nitrogens with two attached hydrogens (primary N) is 1. The minimum atomic E-state index is -0.0919. The van der Waals surface area contributed by atoms with E-state index < -0.39 is 0 Å². The Bertz CT molecular complexity index is 297. The van der Waals surface area contributed by atoms with Crippen molar-refractivity contribution in [2.24, 2.45) is 17.1 Å². The molecule has 2 aliphatic carbocycles. The van der Waals surface area contributed by atoms with E-state index in [0.29, 0.717) is 17.9 Å². The SMILES string of the molecule is CN(C(=O)C1(C)CCCC1)C1CCCCC1CN. The van der Waals surface area contributed by atoms with Crippen LogP contribution in [0.15, 0.2) is 0 Å². The Morgan fingerprint density at radius 3 is 2.44 bits per heavy atom. The fraction of sp³-hybridized carbons (Fsp3) is 0.933. The van der Waals surface area contributed by atoms with Crippen LogP contribution >= 0.6 is 0 Å². The molecule has 0 spiro atoms. The zero-order valence-electron chi connectivity index (χ0n) is 12.0. The lowest BCUT2D eigenvalue weighted by atomic mass is 9.81. The molecule has 0 aromatic heterocycles. The van der Waals surface area contributed by atoms with Crippen LogP contribution in [-0.4, -0.2) is 30.4 Å². The standard InChI is InChI=1S/C15H28N2O/c1-15(9-5-6-10-15)14(18)17(2)13-8-4-3-7-12(13)11-16/h12-13H,3-11,16H2,1-2H3. The van der Waals surface area contributed by atoms with E-state index in [9.17, 15) is 4.79 Å². The second kappa shape index (κ2) is 5.60. The van der Waals surface area contributed by atoms with Crippen LogP contribution in [0.25, 0.3) is 0 Å². The monoisotopic (exact) mass is 252 g/mol. The summed E-state index contributed by atoms with van der Waals surface area (Å²) in [5.74, 6) is 0.878. The van der Waals surface area contributed by atoms with E-state index in [1.807, 2.05) is 11.9 Å². The molecule has 0 aromatic rings. The summed E-state index contributed by atoms with van der Waals surface area (Å²) in [5.41, 5.74) is 5.79. The van der Waals surface area contributed by atoms with E-state index >= 15 is 0 Å². The van der Waals surface area contributed by atoms with Crippen molar-refractivity contribution in [3.05, 3.63) is 0 Å². The summed E-state index contributed by atoms with van der Waals surface area (Å²) in [4.78, 5) is 14.8. The van der Waals surface area contributed by atoms with Crippen molar-refractivity contribution in [3.8, 4) is 0 Å². The molecule has 1 amide bonds. The topological polar surface area (TPSA) is 46.3 Å². The summed E-state index contributed by atoms with van der Waals surface area (Å²) < 4.78 is 0. The molecule has 2 fully saturated rings. The Labute approximate surface area is 111 Å². The predicted octanol–water partition coefficient (Wildman–Crippen LogP) is 2.54. The number of nitrogens with zero attached hydrogens (tertiary/aromatic N) is 1. The molecule has 2 saturated carbocycles. The normalized spacial score (nSPS) is 31.3. The van der Waals surface area contributed by atoms with Crippen LogP contribution in [0, 0.1) is 11.3 Å². The maximum absolute atomic E-state index is 12.7. The Morgan fingerprint density at radius 2 is 1.83 bits per heavy atom. The molecule has 2 rings (SSSR count).